The van der Waals surface area contributed by atoms with Crippen molar-refractivity contribution < 1.29 is 18.9 Å². The highest BCUT2D eigenvalue weighted by Crippen LogP contribution is 2.28. The van der Waals surface area contributed by atoms with E-state index in [1.54, 1.807) is 28.4 Å². The number of hydrogen-bond donors (Lipinski definition) is 2. The van der Waals surface area contributed by atoms with Crippen molar-refractivity contribution in [3.63, 3.8) is 0 Å². The maximum Gasteiger partial charge on any atom is 0.188 e. The summed E-state index contributed by atoms with van der Waals surface area (Å²) >= 11 is 0. The molecule has 0 atom stereocenters. The minimum Gasteiger partial charge on any atom is -0.497 e. The number of hydrogen-bond acceptors (Lipinski definition) is 5. The van der Waals surface area contributed by atoms with Gasteiger partial charge in [-0.2, -0.15) is 0 Å². The van der Waals surface area contributed by atoms with Crippen LogP contribution < -0.4 is 30.0 Å². The summed E-state index contributed by atoms with van der Waals surface area (Å²) in [7, 11) is 6.54. The molecule has 0 unspecified atom stereocenters. The van der Waals surface area contributed by atoms with E-state index < -0.39 is 0 Å². The summed E-state index contributed by atoms with van der Waals surface area (Å²) in [4.78, 5) is 4.37. The van der Waals surface area contributed by atoms with Crippen molar-refractivity contribution in [1.29, 1.82) is 0 Å². The first-order valence-corrected chi connectivity index (χ1v) is 9.06. The highest BCUT2D eigenvalue weighted by molar-refractivity contribution is 14.0. The van der Waals surface area contributed by atoms with E-state index in [1.807, 2.05) is 36.4 Å². The Bertz CT molecular complexity index is 799. The number of aryl methyl sites for hydroxylation is 1. The summed E-state index contributed by atoms with van der Waals surface area (Å²) in [5.41, 5.74) is 8.06. The normalized spacial score (nSPS) is 10.7. The molecule has 7 nitrogen and oxygen atoms in total. The maximum atomic E-state index is 5.97. The van der Waals surface area contributed by atoms with E-state index in [4.69, 9.17) is 24.7 Å². The van der Waals surface area contributed by atoms with Crippen LogP contribution in [0.15, 0.2) is 41.4 Å². The number of halogens is 1. The monoisotopic (exact) mass is 515 g/mol. The van der Waals surface area contributed by atoms with Crippen molar-refractivity contribution in [3.05, 3.63) is 47.5 Å². The molecule has 0 aromatic heterocycles. The van der Waals surface area contributed by atoms with Gasteiger partial charge in [-0.15, -0.1) is 24.0 Å². The van der Waals surface area contributed by atoms with Gasteiger partial charge in [0.2, 0.25) is 0 Å². The lowest BCUT2D eigenvalue weighted by molar-refractivity contribution is 0.354. The summed E-state index contributed by atoms with van der Waals surface area (Å²) in [6, 6.07) is 11.5. The van der Waals surface area contributed by atoms with Gasteiger partial charge in [0.05, 0.1) is 35.0 Å². The van der Waals surface area contributed by atoms with Gasteiger partial charge in [0, 0.05) is 6.54 Å². The average molecular weight is 515 g/mol. The Kier molecular flexibility index (Phi) is 11.0. The van der Waals surface area contributed by atoms with Gasteiger partial charge in [0.25, 0.3) is 0 Å². The van der Waals surface area contributed by atoms with Crippen LogP contribution >= 0.6 is 24.0 Å². The Morgan fingerprint density at radius 2 is 1.59 bits per heavy atom. The molecule has 0 radical (unpaired) electrons. The molecule has 0 aliphatic carbocycles. The molecule has 2 rings (SSSR count). The standard InChI is InChI=1S/C21H29N3O4.HI/c1-25-17-8-10-18(26-2)16(13-17)6-5-11-23-21(22)24-14-15-7-9-19(27-3)20(12-15)28-4;/h7-10,12-13H,5-6,11,14H2,1-4H3,(H3,22,23,24);1H. The number of nitrogens with two attached hydrogens (primary N) is 1. The van der Waals surface area contributed by atoms with Crippen molar-refractivity contribution in [2.75, 3.05) is 35.0 Å². The smallest absolute Gasteiger partial charge is 0.188 e. The predicted molar refractivity (Wildman–Crippen MR) is 126 cm³/mol. The van der Waals surface area contributed by atoms with Gasteiger partial charge in [-0.25, -0.2) is 4.99 Å². The molecule has 0 aliphatic rings. The van der Waals surface area contributed by atoms with Gasteiger partial charge in [-0.1, -0.05) is 6.07 Å². The van der Waals surface area contributed by atoms with Crippen molar-refractivity contribution >= 4 is 29.9 Å². The van der Waals surface area contributed by atoms with Crippen molar-refractivity contribution in [1.82, 2.24) is 5.32 Å². The molecular weight excluding hydrogens is 485 g/mol. The highest BCUT2D eigenvalue weighted by Gasteiger charge is 2.06. The third-order valence-corrected chi connectivity index (χ3v) is 4.30. The molecule has 0 amide bonds. The lowest BCUT2D eigenvalue weighted by atomic mass is 10.1. The Hall–Kier alpha value is -2.36. The highest BCUT2D eigenvalue weighted by atomic mass is 127. The zero-order chi connectivity index (χ0) is 20.4. The summed E-state index contributed by atoms with van der Waals surface area (Å²) in [5.74, 6) is 3.45. The summed E-state index contributed by atoms with van der Waals surface area (Å²) in [5, 5.41) is 3.14. The molecule has 0 saturated carbocycles. The minimum atomic E-state index is 0. The average Bonchev–Trinajstić information content (AvgIpc) is 2.74. The van der Waals surface area contributed by atoms with E-state index in [0.29, 0.717) is 30.5 Å². The van der Waals surface area contributed by atoms with Crippen LogP contribution in [-0.4, -0.2) is 40.9 Å². The van der Waals surface area contributed by atoms with Crippen LogP contribution in [0.25, 0.3) is 0 Å². The SMILES string of the molecule is COc1ccc(OC)c(CCCNC(N)=NCc2ccc(OC)c(OC)c2)c1.I. The summed E-state index contributed by atoms with van der Waals surface area (Å²) < 4.78 is 21.2. The number of ether oxygens (including phenoxy) is 4. The van der Waals surface area contributed by atoms with E-state index in [1.165, 1.54) is 0 Å². The van der Waals surface area contributed by atoms with E-state index in [2.05, 4.69) is 10.3 Å². The van der Waals surface area contributed by atoms with Crippen molar-refractivity contribution in [2.24, 2.45) is 10.7 Å². The zero-order valence-electron chi connectivity index (χ0n) is 17.4. The Morgan fingerprint density at radius 3 is 2.24 bits per heavy atom. The number of guanidine groups is 1. The number of nitrogens with one attached hydrogen (secondary N) is 1. The van der Waals surface area contributed by atoms with Gasteiger partial charge in [0.1, 0.15) is 11.5 Å². The van der Waals surface area contributed by atoms with Gasteiger partial charge in [0.15, 0.2) is 17.5 Å². The molecule has 0 fully saturated rings. The molecule has 0 heterocycles. The van der Waals surface area contributed by atoms with Crippen LogP contribution in [0.4, 0.5) is 0 Å². The minimum absolute atomic E-state index is 0. The van der Waals surface area contributed by atoms with Crippen LogP contribution in [0, 0.1) is 0 Å². The van der Waals surface area contributed by atoms with Crippen LogP contribution in [0.5, 0.6) is 23.0 Å². The molecule has 8 heteroatoms. The predicted octanol–water partition coefficient (Wildman–Crippen LogP) is 3.38. The molecule has 29 heavy (non-hydrogen) atoms. The topological polar surface area (TPSA) is 87.3 Å². The molecule has 0 bridgehead atoms. The van der Waals surface area contributed by atoms with E-state index in [-0.39, 0.29) is 24.0 Å². The fourth-order valence-electron chi connectivity index (χ4n) is 2.78. The molecule has 3 N–H and O–H groups in total. The Labute approximate surface area is 189 Å². The maximum absolute atomic E-state index is 5.97. The van der Waals surface area contributed by atoms with E-state index in [9.17, 15) is 0 Å². The second-order valence-corrected chi connectivity index (χ2v) is 6.10. The second-order valence-electron chi connectivity index (χ2n) is 6.10. The first-order valence-electron chi connectivity index (χ1n) is 9.06. The second kappa shape index (κ2) is 13.0. The zero-order valence-corrected chi connectivity index (χ0v) is 19.7. The number of methoxy groups -OCH3 is 4. The van der Waals surface area contributed by atoms with Gasteiger partial charge in [-0.3, -0.25) is 0 Å². The lowest BCUT2D eigenvalue weighted by Crippen LogP contribution is -2.32. The first kappa shape index (κ1) is 24.7. The van der Waals surface area contributed by atoms with Gasteiger partial charge in [-0.05, 0) is 54.3 Å². The molecule has 2 aromatic rings. The number of rotatable bonds is 10. The number of aliphatic imine (C=N–C) groups is 1. The lowest BCUT2D eigenvalue weighted by Gasteiger charge is -2.11. The fraction of sp³-hybridized carbons (Fsp3) is 0.381. The van der Waals surface area contributed by atoms with Crippen LogP contribution in [-0.2, 0) is 13.0 Å². The number of benzene rings is 2. The largest absolute Gasteiger partial charge is 0.497 e. The van der Waals surface area contributed by atoms with E-state index >= 15 is 0 Å². The fourth-order valence-corrected chi connectivity index (χ4v) is 2.78. The van der Waals surface area contributed by atoms with Gasteiger partial charge < -0.3 is 30.0 Å². The first-order chi connectivity index (χ1) is 13.6. The molecule has 0 saturated heterocycles. The number of nitrogens with zero attached hydrogens (tertiary/aromatic N) is 1. The third-order valence-electron chi connectivity index (χ3n) is 4.30. The third kappa shape index (κ3) is 7.52. The van der Waals surface area contributed by atoms with Gasteiger partial charge >= 0.3 is 0 Å². The summed E-state index contributed by atoms with van der Waals surface area (Å²) in [6.45, 7) is 1.17. The quantitative estimate of drug-likeness (QED) is 0.219. The van der Waals surface area contributed by atoms with Crippen LogP contribution in [0.1, 0.15) is 17.5 Å². The molecular formula is C21H30IN3O4. The summed E-state index contributed by atoms with van der Waals surface area (Å²) in [6.07, 6.45) is 1.73. The van der Waals surface area contributed by atoms with Crippen LogP contribution in [0.2, 0.25) is 0 Å². The Balaban J connectivity index is 0.00000420. The molecule has 0 spiro atoms. The molecule has 160 valence electrons. The van der Waals surface area contributed by atoms with E-state index in [0.717, 1.165) is 35.5 Å². The van der Waals surface area contributed by atoms with Crippen LogP contribution in [0.3, 0.4) is 0 Å². The Morgan fingerprint density at radius 1 is 0.897 bits per heavy atom. The molecule has 0 aliphatic heterocycles. The van der Waals surface area contributed by atoms with Crippen molar-refractivity contribution in [3.8, 4) is 23.0 Å². The van der Waals surface area contributed by atoms with Crippen molar-refractivity contribution in [2.45, 2.75) is 19.4 Å². The molecule has 2 aromatic carbocycles.